The SMILES string of the molecule is Cc1cccc(C(=O)NCCC2CN(C(C)C)CCO2)c1Cl. The summed E-state index contributed by atoms with van der Waals surface area (Å²) in [6, 6.07) is 6.03. The van der Waals surface area contributed by atoms with Crippen LogP contribution in [0.3, 0.4) is 0 Å². The molecule has 1 N–H and O–H groups in total. The minimum Gasteiger partial charge on any atom is -0.375 e. The average Bonchev–Trinajstić information content (AvgIpc) is 2.50. The molecule has 0 radical (unpaired) electrons. The molecule has 1 atom stereocenters. The summed E-state index contributed by atoms with van der Waals surface area (Å²) in [6.07, 6.45) is 1.00. The van der Waals surface area contributed by atoms with E-state index in [4.69, 9.17) is 16.3 Å². The van der Waals surface area contributed by atoms with Crippen molar-refractivity contribution in [3.05, 3.63) is 34.3 Å². The first-order valence-corrected chi connectivity index (χ1v) is 8.25. The predicted molar refractivity (Wildman–Crippen MR) is 89.6 cm³/mol. The van der Waals surface area contributed by atoms with Gasteiger partial charge in [-0.25, -0.2) is 0 Å². The first-order chi connectivity index (χ1) is 10.5. The van der Waals surface area contributed by atoms with E-state index in [1.54, 1.807) is 6.07 Å². The van der Waals surface area contributed by atoms with Crippen molar-refractivity contribution < 1.29 is 9.53 Å². The molecule has 5 heteroatoms. The van der Waals surface area contributed by atoms with Gasteiger partial charge in [0.2, 0.25) is 0 Å². The van der Waals surface area contributed by atoms with Crippen molar-refractivity contribution in [3.8, 4) is 0 Å². The van der Waals surface area contributed by atoms with E-state index in [0.29, 0.717) is 23.2 Å². The van der Waals surface area contributed by atoms with Gasteiger partial charge in [-0.15, -0.1) is 0 Å². The van der Waals surface area contributed by atoms with Gasteiger partial charge in [0.1, 0.15) is 0 Å². The Hall–Kier alpha value is -1.10. The lowest BCUT2D eigenvalue weighted by Crippen LogP contribution is -2.46. The number of carbonyl (C=O) groups excluding carboxylic acids is 1. The molecular formula is C17H25ClN2O2. The fraction of sp³-hybridized carbons (Fsp3) is 0.588. The highest BCUT2D eigenvalue weighted by atomic mass is 35.5. The van der Waals surface area contributed by atoms with E-state index in [9.17, 15) is 4.79 Å². The molecule has 22 heavy (non-hydrogen) atoms. The monoisotopic (exact) mass is 324 g/mol. The second kappa shape index (κ2) is 7.95. The van der Waals surface area contributed by atoms with Crippen LogP contribution >= 0.6 is 11.6 Å². The Labute approximate surface area is 137 Å². The minimum atomic E-state index is -0.120. The van der Waals surface area contributed by atoms with Crippen LogP contribution in [0.2, 0.25) is 5.02 Å². The molecule has 0 bridgehead atoms. The van der Waals surface area contributed by atoms with Gasteiger partial charge in [0.25, 0.3) is 5.91 Å². The normalized spacial score (nSPS) is 19.4. The third-order valence-corrected chi connectivity index (χ3v) is 4.59. The van der Waals surface area contributed by atoms with Gasteiger partial charge in [-0.3, -0.25) is 9.69 Å². The lowest BCUT2D eigenvalue weighted by molar-refractivity contribution is -0.0412. The number of benzene rings is 1. The van der Waals surface area contributed by atoms with Crippen LogP contribution in [0.25, 0.3) is 0 Å². The van der Waals surface area contributed by atoms with Crippen LogP contribution in [0.1, 0.15) is 36.2 Å². The molecule has 1 fully saturated rings. The quantitative estimate of drug-likeness (QED) is 0.905. The zero-order valence-electron chi connectivity index (χ0n) is 13.6. The van der Waals surface area contributed by atoms with Crippen LogP contribution in [0.15, 0.2) is 18.2 Å². The molecular weight excluding hydrogens is 300 g/mol. The summed E-state index contributed by atoms with van der Waals surface area (Å²) in [5.41, 5.74) is 1.45. The Bertz CT molecular complexity index is 519. The zero-order chi connectivity index (χ0) is 16.1. The summed E-state index contributed by atoms with van der Waals surface area (Å²) in [5, 5.41) is 3.46. The molecule has 0 spiro atoms. The van der Waals surface area contributed by atoms with E-state index in [1.807, 2.05) is 19.1 Å². The highest BCUT2D eigenvalue weighted by Gasteiger charge is 2.22. The average molecular weight is 325 g/mol. The van der Waals surface area contributed by atoms with Crippen LogP contribution in [-0.2, 0) is 4.74 Å². The number of ether oxygens (including phenoxy) is 1. The first-order valence-electron chi connectivity index (χ1n) is 7.88. The van der Waals surface area contributed by atoms with Gasteiger partial charge >= 0.3 is 0 Å². The third-order valence-electron chi connectivity index (χ3n) is 4.09. The molecule has 1 aromatic rings. The van der Waals surface area contributed by atoms with Gasteiger partial charge in [0.05, 0.1) is 23.3 Å². The van der Waals surface area contributed by atoms with Crippen LogP contribution in [-0.4, -0.2) is 49.2 Å². The van der Waals surface area contributed by atoms with Crippen molar-refractivity contribution >= 4 is 17.5 Å². The van der Waals surface area contributed by atoms with Gasteiger partial charge in [0.15, 0.2) is 0 Å². The number of aryl methyl sites for hydroxylation is 1. The van der Waals surface area contributed by atoms with Crippen LogP contribution in [0, 0.1) is 6.92 Å². The van der Waals surface area contributed by atoms with Crippen LogP contribution < -0.4 is 5.32 Å². The van der Waals surface area contributed by atoms with E-state index in [2.05, 4.69) is 24.1 Å². The fourth-order valence-electron chi connectivity index (χ4n) is 2.65. The molecule has 1 amide bonds. The highest BCUT2D eigenvalue weighted by Crippen LogP contribution is 2.20. The number of halogens is 1. The maximum atomic E-state index is 12.2. The summed E-state index contributed by atoms with van der Waals surface area (Å²) in [6.45, 7) is 9.57. The van der Waals surface area contributed by atoms with Gasteiger partial charge in [-0.1, -0.05) is 23.7 Å². The molecule has 0 saturated carbocycles. The first kappa shape index (κ1) is 17.3. The Kier molecular flexibility index (Phi) is 6.24. The van der Waals surface area contributed by atoms with Gasteiger partial charge < -0.3 is 10.1 Å². The van der Waals surface area contributed by atoms with Crippen LogP contribution in [0.5, 0.6) is 0 Å². The third kappa shape index (κ3) is 4.45. The minimum absolute atomic E-state index is 0.120. The topological polar surface area (TPSA) is 41.6 Å². The summed E-state index contributed by atoms with van der Waals surface area (Å²) >= 11 is 6.18. The number of rotatable bonds is 5. The molecule has 1 aliphatic rings. The van der Waals surface area contributed by atoms with Crippen molar-refractivity contribution in [3.63, 3.8) is 0 Å². The number of nitrogens with zero attached hydrogens (tertiary/aromatic N) is 1. The van der Waals surface area contributed by atoms with E-state index < -0.39 is 0 Å². The van der Waals surface area contributed by atoms with Crippen molar-refractivity contribution in [2.24, 2.45) is 0 Å². The standard InChI is InChI=1S/C17H25ClN2O2/c1-12(2)20-9-10-22-14(11-20)7-8-19-17(21)15-6-4-5-13(3)16(15)18/h4-6,12,14H,7-11H2,1-3H3,(H,19,21). The smallest absolute Gasteiger partial charge is 0.252 e. The number of amides is 1. The van der Waals surface area contributed by atoms with Crippen molar-refractivity contribution in [1.82, 2.24) is 10.2 Å². The lowest BCUT2D eigenvalue weighted by atomic mass is 10.1. The number of hydrogen-bond donors (Lipinski definition) is 1. The van der Waals surface area contributed by atoms with Gasteiger partial charge in [-0.2, -0.15) is 0 Å². The fourth-order valence-corrected chi connectivity index (χ4v) is 2.86. The largest absolute Gasteiger partial charge is 0.375 e. The molecule has 122 valence electrons. The molecule has 0 aliphatic carbocycles. The molecule has 1 heterocycles. The van der Waals surface area contributed by atoms with Gasteiger partial charge in [0, 0.05) is 25.7 Å². The van der Waals surface area contributed by atoms with E-state index in [-0.39, 0.29) is 12.0 Å². The van der Waals surface area contributed by atoms with Gasteiger partial charge in [-0.05, 0) is 38.8 Å². The number of hydrogen-bond acceptors (Lipinski definition) is 3. The molecule has 2 rings (SSSR count). The second-order valence-electron chi connectivity index (χ2n) is 6.06. The Morgan fingerprint density at radius 3 is 3.00 bits per heavy atom. The highest BCUT2D eigenvalue weighted by molar-refractivity contribution is 6.34. The maximum Gasteiger partial charge on any atom is 0.252 e. The predicted octanol–water partition coefficient (Wildman–Crippen LogP) is 2.88. The molecule has 0 aromatic heterocycles. The summed E-state index contributed by atoms with van der Waals surface area (Å²) < 4.78 is 5.77. The van der Waals surface area contributed by atoms with Crippen molar-refractivity contribution in [2.45, 2.75) is 39.3 Å². The summed E-state index contributed by atoms with van der Waals surface area (Å²) in [7, 11) is 0. The number of carbonyl (C=O) groups is 1. The van der Waals surface area contributed by atoms with Crippen molar-refractivity contribution in [1.29, 1.82) is 0 Å². The Balaban J connectivity index is 1.81. The van der Waals surface area contributed by atoms with E-state index in [0.717, 1.165) is 31.7 Å². The number of morpholine rings is 1. The molecule has 1 saturated heterocycles. The van der Waals surface area contributed by atoms with Crippen LogP contribution in [0.4, 0.5) is 0 Å². The lowest BCUT2D eigenvalue weighted by Gasteiger charge is -2.35. The van der Waals surface area contributed by atoms with E-state index in [1.165, 1.54) is 0 Å². The van der Waals surface area contributed by atoms with Crippen molar-refractivity contribution in [2.75, 3.05) is 26.2 Å². The molecule has 1 unspecified atom stereocenters. The maximum absolute atomic E-state index is 12.2. The zero-order valence-corrected chi connectivity index (χ0v) is 14.3. The molecule has 1 aliphatic heterocycles. The molecule has 4 nitrogen and oxygen atoms in total. The Morgan fingerprint density at radius 1 is 1.50 bits per heavy atom. The Morgan fingerprint density at radius 2 is 2.27 bits per heavy atom. The summed E-state index contributed by atoms with van der Waals surface area (Å²) in [4.78, 5) is 14.6. The molecule has 1 aromatic carbocycles. The number of nitrogens with one attached hydrogen (secondary N) is 1. The second-order valence-corrected chi connectivity index (χ2v) is 6.44. The van der Waals surface area contributed by atoms with E-state index >= 15 is 0 Å². The summed E-state index contributed by atoms with van der Waals surface area (Å²) in [5.74, 6) is -0.120.